The number of ketones is 1. The molecule has 0 saturated carbocycles. The third-order valence-corrected chi connectivity index (χ3v) is 10.5. The summed E-state index contributed by atoms with van der Waals surface area (Å²) in [7, 11) is 0. The van der Waals surface area contributed by atoms with Crippen LogP contribution in [-0.4, -0.2) is 23.1 Å². The number of ether oxygens (including phenoxy) is 2. The van der Waals surface area contributed by atoms with Crippen molar-refractivity contribution in [2.45, 2.75) is 108 Å². The minimum absolute atomic E-state index is 0.0688. The Morgan fingerprint density at radius 3 is 2.40 bits per heavy atom. The second kappa shape index (κ2) is 17.2. The van der Waals surface area contributed by atoms with Gasteiger partial charge < -0.3 is 21.2 Å². The van der Waals surface area contributed by atoms with Crippen LogP contribution >= 0.6 is 0 Å². The zero-order chi connectivity index (χ0) is 34.9. The SMILES string of the molecule is [CH2-]C(=O)Cc1ccc(COO[C@@](CCCCC)(c2ccccc2)C2Oc3ccc4c(c3[C@H]3c5ccccc5CCC3O2)CCCC4)cc1.[CH2]=[W]. The van der Waals surface area contributed by atoms with E-state index < -0.39 is 11.9 Å². The van der Waals surface area contributed by atoms with Gasteiger partial charge in [-0.1, -0.05) is 105 Å². The average molecular weight is 842 g/mol. The van der Waals surface area contributed by atoms with Gasteiger partial charge in [0.1, 0.15) is 12.4 Å². The van der Waals surface area contributed by atoms with Crippen LogP contribution in [0.3, 0.4) is 0 Å². The summed E-state index contributed by atoms with van der Waals surface area (Å²) >= 11 is 1.33. The predicted molar refractivity (Wildman–Crippen MR) is 195 cm³/mol. The Balaban J connectivity index is 0.00000212. The van der Waals surface area contributed by atoms with Gasteiger partial charge in [-0.25, -0.2) is 9.78 Å². The number of aryl methyl sites for hydroxylation is 2. The molecular weight excluding hydrogens is 792 g/mol. The molecule has 3 aliphatic rings. The van der Waals surface area contributed by atoms with Gasteiger partial charge in [0.2, 0.25) is 6.29 Å². The maximum atomic E-state index is 11.5. The number of hydrogen-bond acceptors (Lipinski definition) is 5. The van der Waals surface area contributed by atoms with E-state index in [1.165, 1.54) is 60.0 Å². The second-order valence-electron chi connectivity index (χ2n) is 13.8. The van der Waals surface area contributed by atoms with E-state index in [-0.39, 0.29) is 24.4 Å². The van der Waals surface area contributed by atoms with Crippen molar-refractivity contribution in [3.8, 4) is 5.75 Å². The third kappa shape index (κ3) is 7.92. The van der Waals surface area contributed by atoms with Gasteiger partial charge in [-0.05, 0) is 96.4 Å². The number of hydrogen-bond donors (Lipinski definition) is 0. The van der Waals surface area contributed by atoms with Gasteiger partial charge in [0.25, 0.3) is 0 Å². The number of rotatable bonds is 12. The van der Waals surface area contributed by atoms with E-state index in [9.17, 15) is 4.79 Å². The van der Waals surface area contributed by atoms with Crippen molar-refractivity contribution >= 4 is 10.7 Å². The first-order valence-electron chi connectivity index (χ1n) is 18.2. The Kier molecular flexibility index (Phi) is 12.6. The summed E-state index contributed by atoms with van der Waals surface area (Å²) in [5.74, 6) is 0.896. The summed E-state index contributed by atoms with van der Waals surface area (Å²) in [5.41, 5.74) is 8.82. The number of benzene rings is 4. The molecule has 0 N–H and O–H groups in total. The molecule has 262 valence electrons. The first kappa shape index (κ1) is 36.4. The Morgan fingerprint density at radius 2 is 1.62 bits per heavy atom. The van der Waals surface area contributed by atoms with Crippen LogP contribution in [0.25, 0.3) is 0 Å². The first-order valence-corrected chi connectivity index (χ1v) is 20.3. The fourth-order valence-corrected chi connectivity index (χ4v) is 8.07. The Labute approximate surface area is 309 Å². The van der Waals surface area contributed by atoms with Gasteiger partial charge in [0.15, 0.2) is 5.60 Å². The van der Waals surface area contributed by atoms with Crippen molar-refractivity contribution < 1.29 is 43.4 Å². The normalized spacial score (nSPS) is 20.2. The van der Waals surface area contributed by atoms with Crippen LogP contribution in [-0.2, 0) is 76.6 Å². The van der Waals surface area contributed by atoms with E-state index in [0.29, 0.717) is 12.8 Å². The van der Waals surface area contributed by atoms with Crippen molar-refractivity contribution in [3.63, 3.8) is 0 Å². The minimum atomic E-state index is -1.02. The van der Waals surface area contributed by atoms with Gasteiger partial charge in [0, 0.05) is 23.7 Å². The molecule has 0 fully saturated rings. The molecule has 0 aromatic heterocycles. The number of Topliss-reactive ketones (excluding diaryl/α,β-unsaturated/α-hetero) is 1. The number of carbonyl (C=O) groups is 1. The molecule has 7 rings (SSSR count). The summed E-state index contributed by atoms with van der Waals surface area (Å²) in [6.07, 6.45) is 9.74. The molecule has 0 saturated heterocycles. The van der Waals surface area contributed by atoms with Crippen LogP contribution < -0.4 is 4.74 Å². The molecule has 50 heavy (non-hydrogen) atoms. The summed E-state index contributed by atoms with van der Waals surface area (Å²) in [6, 6.07) is 31.6. The van der Waals surface area contributed by atoms with Crippen molar-refractivity contribution in [2.24, 2.45) is 0 Å². The van der Waals surface area contributed by atoms with Crippen LogP contribution in [0, 0.1) is 6.92 Å². The Morgan fingerprint density at radius 1 is 0.880 bits per heavy atom. The summed E-state index contributed by atoms with van der Waals surface area (Å²) in [5, 5.41) is 0. The molecule has 1 heterocycles. The molecule has 1 aliphatic heterocycles. The Bertz CT molecular complexity index is 1720. The summed E-state index contributed by atoms with van der Waals surface area (Å²) in [6.45, 7) is 5.97. The zero-order valence-corrected chi connectivity index (χ0v) is 32.2. The Hall–Kier alpha value is -3.34. The van der Waals surface area contributed by atoms with Crippen LogP contribution in [0.5, 0.6) is 5.75 Å². The first-order chi connectivity index (χ1) is 24.6. The third-order valence-electron chi connectivity index (χ3n) is 10.5. The van der Waals surface area contributed by atoms with Gasteiger partial charge >= 0.3 is 24.3 Å². The van der Waals surface area contributed by atoms with Crippen molar-refractivity contribution in [1.29, 1.82) is 0 Å². The number of unbranched alkanes of at least 4 members (excludes halogenated alkanes) is 2. The molecule has 2 aliphatic carbocycles. The molecule has 0 bridgehead atoms. The van der Waals surface area contributed by atoms with Crippen molar-refractivity contribution in [3.05, 3.63) is 142 Å². The summed E-state index contributed by atoms with van der Waals surface area (Å²) in [4.78, 5) is 27.8. The number of fused-ring (bicyclic) bond motifs is 7. The summed E-state index contributed by atoms with van der Waals surface area (Å²) < 4.78 is 14.5. The van der Waals surface area contributed by atoms with Gasteiger partial charge in [-0.3, -0.25) is 0 Å². The second-order valence-corrected chi connectivity index (χ2v) is 13.8. The molecule has 0 radical (unpaired) electrons. The van der Waals surface area contributed by atoms with E-state index in [1.807, 2.05) is 30.3 Å². The molecule has 4 aromatic carbocycles. The van der Waals surface area contributed by atoms with E-state index in [2.05, 4.69) is 79.4 Å². The monoisotopic (exact) mass is 841 g/mol. The topological polar surface area (TPSA) is 54.0 Å². The molecule has 5 nitrogen and oxygen atoms in total. The van der Waals surface area contributed by atoms with Crippen molar-refractivity contribution in [2.75, 3.05) is 0 Å². The van der Waals surface area contributed by atoms with Crippen LogP contribution in [0.15, 0.2) is 91.0 Å². The maximum absolute atomic E-state index is 11.5. The van der Waals surface area contributed by atoms with E-state index in [4.69, 9.17) is 19.2 Å². The average Bonchev–Trinajstić information content (AvgIpc) is 3.34. The molecule has 4 aromatic rings. The molecule has 0 amide bonds. The molecule has 0 spiro atoms. The van der Waals surface area contributed by atoms with Crippen molar-refractivity contribution in [1.82, 2.24) is 0 Å². The van der Waals surface area contributed by atoms with Gasteiger partial charge in [0.05, 0.1) is 6.10 Å². The predicted octanol–water partition coefficient (Wildman–Crippen LogP) is 9.28. The molecule has 2 unspecified atom stereocenters. The van der Waals surface area contributed by atoms with Gasteiger partial charge in [-0.2, -0.15) is 0 Å². The fourth-order valence-electron chi connectivity index (χ4n) is 8.07. The number of carbonyl (C=O) groups excluding carboxylic acids is 1. The van der Waals surface area contributed by atoms with Crippen LogP contribution in [0.4, 0.5) is 0 Å². The van der Waals surface area contributed by atoms with Crippen LogP contribution in [0.1, 0.15) is 102 Å². The zero-order valence-electron chi connectivity index (χ0n) is 29.2. The van der Waals surface area contributed by atoms with E-state index >= 15 is 0 Å². The van der Waals surface area contributed by atoms with Crippen LogP contribution in [0.2, 0.25) is 0 Å². The standard InChI is InChI=1S/C43H47O5.CH2.W/c1-3-4-12-27-43(35-15-6-5-7-16-35,48-45-29-32-21-19-31(20-22-32)28-30(2)44)42-46-38-25-23-33-13-8-10-17-36(33)40(38)41-37-18-11-9-14-34(37)24-26-39(41)47-42;;/h5-8,10,13,15-17,19-22,24,26,38,40,42H,2-4,9,11-12,14,18,23,25,27-29H2,1H3;1H2;/q-1;;/t38?,40-,42?,43-;;/m0../s1. The van der Waals surface area contributed by atoms with Gasteiger partial charge in [-0.15, -0.1) is 0 Å². The van der Waals surface area contributed by atoms with E-state index in [0.717, 1.165) is 67.4 Å². The van der Waals surface area contributed by atoms with E-state index in [1.54, 1.807) is 0 Å². The molecule has 4 atom stereocenters. The fraction of sp³-hybridized carbons (Fsp3) is 0.386. The molecule has 6 heteroatoms. The quantitative estimate of drug-likeness (QED) is 0.0617. The molecular formula is C44H49O5W-.